The fourth-order valence-corrected chi connectivity index (χ4v) is 1.65. The number of nitrogens with zero attached hydrogens (tertiary/aromatic N) is 3. The van der Waals surface area contributed by atoms with Gasteiger partial charge in [-0.25, -0.2) is 0 Å². The van der Waals surface area contributed by atoms with Crippen LogP contribution in [0.15, 0.2) is 24.5 Å². The SMILES string of the molecule is CC#CCOc1nsnc1-c1cccnc1. The van der Waals surface area contributed by atoms with E-state index in [0.29, 0.717) is 12.5 Å². The highest BCUT2D eigenvalue weighted by atomic mass is 32.1. The van der Waals surface area contributed by atoms with Crippen LogP contribution in [0.5, 0.6) is 5.88 Å². The predicted molar refractivity (Wildman–Crippen MR) is 62.1 cm³/mol. The van der Waals surface area contributed by atoms with Crippen molar-refractivity contribution in [2.24, 2.45) is 0 Å². The van der Waals surface area contributed by atoms with E-state index in [0.717, 1.165) is 23.0 Å². The van der Waals surface area contributed by atoms with Gasteiger partial charge in [0, 0.05) is 18.0 Å². The van der Waals surface area contributed by atoms with Crippen molar-refractivity contribution in [2.45, 2.75) is 6.92 Å². The summed E-state index contributed by atoms with van der Waals surface area (Å²) < 4.78 is 13.7. The molecule has 0 aliphatic rings. The van der Waals surface area contributed by atoms with Gasteiger partial charge in [-0.05, 0) is 19.1 Å². The Hall–Kier alpha value is -1.93. The zero-order valence-electron chi connectivity index (χ0n) is 8.67. The number of aromatic nitrogens is 3. The molecule has 2 aromatic rings. The van der Waals surface area contributed by atoms with Crippen LogP contribution in [0.3, 0.4) is 0 Å². The third kappa shape index (κ3) is 2.35. The van der Waals surface area contributed by atoms with Crippen molar-refractivity contribution in [2.75, 3.05) is 6.61 Å². The second-order valence-electron chi connectivity index (χ2n) is 2.88. The van der Waals surface area contributed by atoms with Gasteiger partial charge in [-0.15, -0.1) is 10.3 Å². The van der Waals surface area contributed by atoms with Gasteiger partial charge in [0.2, 0.25) is 0 Å². The Morgan fingerprint density at radius 3 is 3.12 bits per heavy atom. The molecule has 16 heavy (non-hydrogen) atoms. The summed E-state index contributed by atoms with van der Waals surface area (Å²) in [6, 6.07) is 3.77. The molecule has 2 rings (SSSR count). The normalized spacial score (nSPS) is 9.31. The second-order valence-corrected chi connectivity index (χ2v) is 3.40. The number of hydrogen-bond acceptors (Lipinski definition) is 5. The molecule has 0 saturated carbocycles. The van der Waals surface area contributed by atoms with Gasteiger partial charge in [0.1, 0.15) is 5.69 Å². The van der Waals surface area contributed by atoms with E-state index >= 15 is 0 Å². The van der Waals surface area contributed by atoms with Crippen LogP contribution in [0.2, 0.25) is 0 Å². The standard InChI is InChI=1S/C11H9N3OS/c1-2-3-7-15-11-10(13-16-14-11)9-5-4-6-12-8-9/h4-6,8H,7H2,1H3. The minimum Gasteiger partial charge on any atom is -0.462 e. The average Bonchev–Trinajstić information content (AvgIpc) is 2.79. The van der Waals surface area contributed by atoms with E-state index in [1.54, 1.807) is 19.3 Å². The molecule has 0 aromatic carbocycles. The number of pyridine rings is 1. The van der Waals surface area contributed by atoms with Gasteiger partial charge in [-0.3, -0.25) is 4.98 Å². The first-order valence-electron chi connectivity index (χ1n) is 4.67. The van der Waals surface area contributed by atoms with Gasteiger partial charge in [-0.2, -0.15) is 4.37 Å². The molecule has 0 fully saturated rings. The summed E-state index contributed by atoms with van der Waals surface area (Å²) in [6.07, 6.45) is 3.45. The first kappa shape index (κ1) is 10.6. The Morgan fingerprint density at radius 1 is 1.44 bits per heavy atom. The molecular formula is C11H9N3OS. The summed E-state index contributed by atoms with van der Waals surface area (Å²) in [5.74, 6) is 6.09. The molecule has 0 aliphatic carbocycles. The number of rotatable bonds is 3. The summed E-state index contributed by atoms with van der Waals surface area (Å²) >= 11 is 1.12. The van der Waals surface area contributed by atoms with Crippen LogP contribution < -0.4 is 4.74 Å². The minimum absolute atomic E-state index is 0.329. The molecule has 4 nitrogen and oxygen atoms in total. The topological polar surface area (TPSA) is 47.9 Å². The molecule has 0 N–H and O–H groups in total. The molecule has 0 saturated heterocycles. The van der Waals surface area contributed by atoms with Gasteiger partial charge in [-0.1, -0.05) is 5.92 Å². The highest BCUT2D eigenvalue weighted by molar-refractivity contribution is 6.99. The molecule has 0 amide bonds. The lowest BCUT2D eigenvalue weighted by Gasteiger charge is -2.00. The van der Waals surface area contributed by atoms with Crippen molar-refractivity contribution in [3.8, 4) is 29.0 Å². The molecule has 0 atom stereocenters. The number of ether oxygens (including phenoxy) is 1. The van der Waals surface area contributed by atoms with Crippen LogP contribution in [-0.4, -0.2) is 20.3 Å². The summed E-state index contributed by atoms with van der Waals surface area (Å²) in [6.45, 7) is 2.10. The van der Waals surface area contributed by atoms with Gasteiger partial charge in [0.05, 0.1) is 11.7 Å². The lowest BCUT2D eigenvalue weighted by molar-refractivity contribution is 0.360. The van der Waals surface area contributed by atoms with E-state index in [-0.39, 0.29) is 0 Å². The van der Waals surface area contributed by atoms with Crippen LogP contribution in [-0.2, 0) is 0 Å². The molecule has 0 radical (unpaired) electrons. The minimum atomic E-state index is 0.329. The molecule has 0 aliphatic heterocycles. The van der Waals surface area contributed by atoms with E-state index in [9.17, 15) is 0 Å². The molecule has 2 heterocycles. The van der Waals surface area contributed by atoms with Crippen molar-refractivity contribution >= 4 is 11.7 Å². The monoisotopic (exact) mass is 231 g/mol. The summed E-state index contributed by atoms with van der Waals surface area (Å²) in [4.78, 5) is 4.03. The maximum absolute atomic E-state index is 5.41. The zero-order valence-corrected chi connectivity index (χ0v) is 9.49. The lowest BCUT2D eigenvalue weighted by Crippen LogP contribution is -1.95. The van der Waals surface area contributed by atoms with Gasteiger partial charge < -0.3 is 4.74 Å². The van der Waals surface area contributed by atoms with Gasteiger partial charge in [0.25, 0.3) is 5.88 Å². The van der Waals surface area contributed by atoms with E-state index in [1.165, 1.54) is 0 Å². The van der Waals surface area contributed by atoms with Gasteiger partial charge in [0.15, 0.2) is 6.61 Å². The highest BCUT2D eigenvalue weighted by Gasteiger charge is 2.11. The first-order chi connectivity index (χ1) is 7.92. The zero-order chi connectivity index (χ0) is 11.2. The fraction of sp³-hybridized carbons (Fsp3) is 0.182. The molecule has 0 bridgehead atoms. The third-order valence-corrected chi connectivity index (χ3v) is 2.36. The van der Waals surface area contributed by atoms with Crippen LogP contribution in [0.1, 0.15) is 6.92 Å². The Kier molecular flexibility index (Phi) is 3.46. The smallest absolute Gasteiger partial charge is 0.254 e. The average molecular weight is 231 g/mol. The Labute approximate surface area is 97.6 Å². The van der Waals surface area contributed by atoms with Crippen molar-refractivity contribution < 1.29 is 4.74 Å². The van der Waals surface area contributed by atoms with Gasteiger partial charge >= 0.3 is 0 Å². The van der Waals surface area contributed by atoms with Crippen LogP contribution in [0.4, 0.5) is 0 Å². The Bertz CT molecular complexity index is 513. The second kappa shape index (κ2) is 5.24. The predicted octanol–water partition coefficient (Wildman–Crippen LogP) is 2.00. The van der Waals surface area contributed by atoms with Crippen molar-refractivity contribution in [1.82, 2.24) is 13.7 Å². The molecule has 0 spiro atoms. The fourth-order valence-electron chi connectivity index (χ4n) is 1.13. The molecular weight excluding hydrogens is 222 g/mol. The van der Waals surface area contributed by atoms with Crippen molar-refractivity contribution in [1.29, 1.82) is 0 Å². The quantitative estimate of drug-likeness (QED) is 0.758. The van der Waals surface area contributed by atoms with Crippen molar-refractivity contribution in [3.05, 3.63) is 24.5 Å². The Balaban J connectivity index is 2.21. The van der Waals surface area contributed by atoms with E-state index in [4.69, 9.17) is 4.74 Å². The molecule has 5 heteroatoms. The Morgan fingerprint density at radius 2 is 2.38 bits per heavy atom. The lowest BCUT2D eigenvalue weighted by atomic mass is 10.2. The first-order valence-corrected chi connectivity index (χ1v) is 5.40. The van der Waals surface area contributed by atoms with Crippen LogP contribution in [0.25, 0.3) is 11.3 Å². The van der Waals surface area contributed by atoms with E-state index in [2.05, 4.69) is 25.6 Å². The maximum atomic E-state index is 5.41. The maximum Gasteiger partial charge on any atom is 0.254 e. The molecule has 2 aromatic heterocycles. The van der Waals surface area contributed by atoms with E-state index < -0.39 is 0 Å². The number of hydrogen-bond donors (Lipinski definition) is 0. The molecule has 80 valence electrons. The summed E-state index contributed by atoms with van der Waals surface area (Å²) in [5, 5.41) is 0. The molecule has 0 unspecified atom stereocenters. The van der Waals surface area contributed by atoms with Crippen LogP contribution >= 0.6 is 11.7 Å². The third-order valence-electron chi connectivity index (χ3n) is 1.85. The van der Waals surface area contributed by atoms with Crippen LogP contribution in [0, 0.1) is 11.8 Å². The highest BCUT2D eigenvalue weighted by Crippen LogP contribution is 2.26. The van der Waals surface area contributed by atoms with E-state index in [1.807, 2.05) is 12.1 Å². The largest absolute Gasteiger partial charge is 0.462 e. The van der Waals surface area contributed by atoms with Crippen molar-refractivity contribution in [3.63, 3.8) is 0 Å². The summed E-state index contributed by atoms with van der Waals surface area (Å²) in [5.41, 5.74) is 1.62. The summed E-state index contributed by atoms with van der Waals surface area (Å²) in [7, 11) is 0.